The van der Waals surface area contributed by atoms with Gasteiger partial charge in [0.25, 0.3) is 5.91 Å². The van der Waals surface area contributed by atoms with E-state index in [0.29, 0.717) is 36.2 Å². The highest BCUT2D eigenvalue weighted by atomic mass is 16.5. The Bertz CT molecular complexity index is 505. The maximum atomic E-state index is 12.4. The molecule has 5 heteroatoms. The van der Waals surface area contributed by atoms with Crippen LogP contribution in [-0.4, -0.2) is 38.3 Å². The van der Waals surface area contributed by atoms with E-state index >= 15 is 0 Å². The summed E-state index contributed by atoms with van der Waals surface area (Å²) in [5.74, 6) is 1.71. The lowest BCUT2D eigenvalue weighted by Gasteiger charge is -2.30. The van der Waals surface area contributed by atoms with E-state index in [4.69, 9.17) is 9.47 Å². The molecule has 1 aromatic carbocycles. The Labute approximate surface area is 132 Å². The van der Waals surface area contributed by atoms with Gasteiger partial charge in [-0.1, -0.05) is 6.92 Å². The Morgan fingerprint density at radius 3 is 2.68 bits per heavy atom. The molecule has 1 amide bonds. The molecule has 2 unspecified atom stereocenters. The van der Waals surface area contributed by atoms with Gasteiger partial charge in [0.2, 0.25) is 0 Å². The van der Waals surface area contributed by atoms with Gasteiger partial charge in [-0.25, -0.2) is 0 Å². The zero-order chi connectivity index (χ0) is 15.9. The van der Waals surface area contributed by atoms with Crippen molar-refractivity contribution in [3.8, 4) is 11.5 Å². The van der Waals surface area contributed by atoms with Crippen molar-refractivity contribution in [3.63, 3.8) is 0 Å². The first-order valence-electron chi connectivity index (χ1n) is 8.06. The van der Waals surface area contributed by atoms with Crippen LogP contribution in [0.5, 0.6) is 11.5 Å². The molecule has 0 spiro atoms. The summed E-state index contributed by atoms with van der Waals surface area (Å²) in [6, 6.07) is 5.50. The van der Waals surface area contributed by atoms with Crippen LogP contribution in [0.25, 0.3) is 0 Å². The molecule has 0 bridgehead atoms. The van der Waals surface area contributed by atoms with Gasteiger partial charge in [-0.3, -0.25) is 4.79 Å². The predicted octanol–water partition coefficient (Wildman–Crippen LogP) is 2.21. The molecule has 0 aliphatic carbocycles. The van der Waals surface area contributed by atoms with Crippen molar-refractivity contribution >= 4 is 5.91 Å². The number of benzene rings is 1. The summed E-state index contributed by atoms with van der Waals surface area (Å²) >= 11 is 0. The number of ether oxygens (including phenoxy) is 2. The normalized spacial score (nSPS) is 21.2. The molecule has 22 heavy (non-hydrogen) atoms. The van der Waals surface area contributed by atoms with Gasteiger partial charge in [0.15, 0.2) is 11.5 Å². The van der Waals surface area contributed by atoms with E-state index in [2.05, 4.69) is 17.6 Å². The molecule has 2 atom stereocenters. The van der Waals surface area contributed by atoms with Gasteiger partial charge < -0.3 is 20.1 Å². The second-order valence-electron chi connectivity index (χ2n) is 5.58. The summed E-state index contributed by atoms with van der Waals surface area (Å²) < 4.78 is 11.1. The number of rotatable bonds is 6. The molecule has 1 fully saturated rings. The fraction of sp³-hybridized carbons (Fsp3) is 0.588. The van der Waals surface area contributed by atoms with Crippen LogP contribution in [0.1, 0.15) is 37.6 Å². The van der Waals surface area contributed by atoms with Crippen LogP contribution >= 0.6 is 0 Å². The molecule has 1 saturated heterocycles. The van der Waals surface area contributed by atoms with Crippen molar-refractivity contribution in [2.45, 2.75) is 33.2 Å². The summed E-state index contributed by atoms with van der Waals surface area (Å²) in [4.78, 5) is 12.4. The second-order valence-corrected chi connectivity index (χ2v) is 5.58. The second kappa shape index (κ2) is 8.03. The Morgan fingerprint density at radius 1 is 1.27 bits per heavy atom. The average Bonchev–Trinajstić information content (AvgIpc) is 2.51. The standard InChI is InChI=1S/C17H26N2O3/c1-4-21-15-7-6-13(10-16(15)22-5-2)17(20)19-14-11-18-9-8-12(14)3/h6-7,10,12,14,18H,4-5,8-9,11H2,1-3H3,(H,19,20). The lowest BCUT2D eigenvalue weighted by molar-refractivity contribution is 0.0914. The Morgan fingerprint density at radius 2 is 2.00 bits per heavy atom. The summed E-state index contributed by atoms with van der Waals surface area (Å²) in [7, 11) is 0. The molecule has 1 aliphatic rings. The first-order valence-corrected chi connectivity index (χ1v) is 8.06. The van der Waals surface area contributed by atoms with Gasteiger partial charge in [-0.2, -0.15) is 0 Å². The van der Waals surface area contributed by atoms with Gasteiger partial charge in [-0.15, -0.1) is 0 Å². The Kier molecular flexibility index (Phi) is 6.07. The van der Waals surface area contributed by atoms with Crippen LogP contribution in [0, 0.1) is 5.92 Å². The van der Waals surface area contributed by atoms with Crippen LogP contribution in [-0.2, 0) is 0 Å². The van der Waals surface area contributed by atoms with Crippen LogP contribution in [0.2, 0.25) is 0 Å². The molecular weight excluding hydrogens is 280 g/mol. The molecule has 1 aromatic rings. The highest BCUT2D eigenvalue weighted by molar-refractivity contribution is 5.95. The van der Waals surface area contributed by atoms with E-state index in [1.54, 1.807) is 18.2 Å². The third kappa shape index (κ3) is 4.13. The maximum Gasteiger partial charge on any atom is 0.251 e. The fourth-order valence-electron chi connectivity index (χ4n) is 2.63. The molecule has 2 N–H and O–H groups in total. The monoisotopic (exact) mass is 306 g/mol. The van der Waals surface area contributed by atoms with Crippen LogP contribution in [0.4, 0.5) is 0 Å². The summed E-state index contributed by atoms with van der Waals surface area (Å²) in [6.07, 6.45) is 1.08. The average molecular weight is 306 g/mol. The van der Waals surface area contributed by atoms with E-state index in [1.165, 1.54) is 0 Å². The van der Waals surface area contributed by atoms with Gasteiger partial charge in [0.05, 0.1) is 13.2 Å². The summed E-state index contributed by atoms with van der Waals surface area (Å²) in [6.45, 7) is 8.96. The number of amides is 1. The Hall–Kier alpha value is -1.75. The first-order chi connectivity index (χ1) is 10.7. The predicted molar refractivity (Wildman–Crippen MR) is 86.7 cm³/mol. The van der Waals surface area contributed by atoms with Gasteiger partial charge >= 0.3 is 0 Å². The molecule has 0 saturated carbocycles. The molecule has 0 aromatic heterocycles. The minimum atomic E-state index is -0.0652. The topological polar surface area (TPSA) is 59.6 Å². The van der Waals surface area contributed by atoms with Crippen LogP contribution < -0.4 is 20.1 Å². The number of carbonyl (C=O) groups is 1. The molecule has 5 nitrogen and oxygen atoms in total. The highest BCUT2D eigenvalue weighted by Gasteiger charge is 2.23. The van der Waals surface area contributed by atoms with Gasteiger partial charge in [0.1, 0.15) is 0 Å². The largest absolute Gasteiger partial charge is 0.490 e. The Balaban J connectivity index is 2.09. The van der Waals surface area contributed by atoms with Crippen molar-refractivity contribution in [2.75, 3.05) is 26.3 Å². The van der Waals surface area contributed by atoms with Crippen molar-refractivity contribution in [1.29, 1.82) is 0 Å². The van der Waals surface area contributed by atoms with Gasteiger partial charge in [-0.05, 0) is 50.9 Å². The van der Waals surface area contributed by atoms with E-state index < -0.39 is 0 Å². The highest BCUT2D eigenvalue weighted by Crippen LogP contribution is 2.28. The minimum absolute atomic E-state index is 0.0652. The quantitative estimate of drug-likeness (QED) is 0.846. The smallest absolute Gasteiger partial charge is 0.251 e. The molecule has 1 heterocycles. The fourth-order valence-corrected chi connectivity index (χ4v) is 2.63. The lowest BCUT2D eigenvalue weighted by atomic mass is 9.94. The SMILES string of the molecule is CCOc1ccc(C(=O)NC2CNCCC2C)cc1OCC. The number of piperidine rings is 1. The van der Waals surface area contributed by atoms with Crippen LogP contribution in [0.3, 0.4) is 0 Å². The van der Waals surface area contributed by atoms with Crippen molar-refractivity contribution in [2.24, 2.45) is 5.92 Å². The van der Waals surface area contributed by atoms with Crippen molar-refractivity contribution in [3.05, 3.63) is 23.8 Å². The zero-order valence-electron chi connectivity index (χ0n) is 13.6. The maximum absolute atomic E-state index is 12.4. The number of hydrogen-bond donors (Lipinski definition) is 2. The molecular formula is C17H26N2O3. The van der Waals surface area contributed by atoms with Crippen LogP contribution in [0.15, 0.2) is 18.2 Å². The molecule has 122 valence electrons. The number of nitrogens with one attached hydrogen (secondary N) is 2. The van der Waals surface area contributed by atoms with E-state index in [0.717, 1.165) is 19.5 Å². The lowest BCUT2D eigenvalue weighted by Crippen LogP contribution is -2.50. The van der Waals surface area contributed by atoms with Gasteiger partial charge in [0, 0.05) is 18.2 Å². The summed E-state index contributed by atoms with van der Waals surface area (Å²) in [5.41, 5.74) is 0.602. The molecule has 0 radical (unpaired) electrons. The zero-order valence-corrected chi connectivity index (χ0v) is 13.6. The summed E-state index contributed by atoms with van der Waals surface area (Å²) in [5, 5.41) is 6.43. The third-order valence-electron chi connectivity index (χ3n) is 3.95. The van der Waals surface area contributed by atoms with Crippen molar-refractivity contribution < 1.29 is 14.3 Å². The molecule has 1 aliphatic heterocycles. The first kappa shape index (κ1) is 16.6. The molecule has 2 rings (SSSR count). The minimum Gasteiger partial charge on any atom is -0.490 e. The number of carbonyl (C=O) groups excluding carboxylic acids is 1. The number of hydrogen-bond acceptors (Lipinski definition) is 4. The van der Waals surface area contributed by atoms with E-state index in [9.17, 15) is 4.79 Å². The van der Waals surface area contributed by atoms with Crippen molar-refractivity contribution in [1.82, 2.24) is 10.6 Å². The van der Waals surface area contributed by atoms with E-state index in [1.807, 2.05) is 13.8 Å². The third-order valence-corrected chi connectivity index (χ3v) is 3.95. The van der Waals surface area contributed by atoms with E-state index in [-0.39, 0.29) is 11.9 Å².